The molecule has 2 bridgehead atoms. The van der Waals surface area contributed by atoms with Gasteiger partial charge in [0, 0.05) is 21.7 Å². The molecule has 7 atom stereocenters. The predicted octanol–water partition coefficient (Wildman–Crippen LogP) is 7.14. The van der Waals surface area contributed by atoms with Crippen LogP contribution in [-0.4, -0.2) is 27.5 Å². The van der Waals surface area contributed by atoms with Crippen LogP contribution in [-0.2, 0) is 26.3 Å². The Morgan fingerprint density at radius 2 is 1.56 bits per heavy atom. The minimum atomic E-state index is -0.369. The molecule has 2 aliphatic heterocycles. The highest BCUT2D eigenvalue weighted by Gasteiger charge is 2.69. The molecule has 3 fully saturated rings. The van der Waals surface area contributed by atoms with Crippen molar-refractivity contribution in [3.05, 3.63) is 110 Å². The minimum Gasteiger partial charge on any atom is -0.325 e. The molecule has 1 saturated heterocycles. The summed E-state index contributed by atoms with van der Waals surface area (Å²) in [4.78, 5) is 57.5. The van der Waals surface area contributed by atoms with Crippen molar-refractivity contribution >= 4 is 52.2 Å². The van der Waals surface area contributed by atoms with Crippen LogP contribution in [0.5, 0.6) is 0 Å². The first-order valence-corrected chi connectivity index (χ1v) is 18.4. The molecular weight excluding hydrogens is 639 g/mol. The van der Waals surface area contributed by atoms with E-state index in [2.05, 4.69) is 50.4 Å². The van der Waals surface area contributed by atoms with E-state index >= 15 is 0 Å². The van der Waals surface area contributed by atoms with Gasteiger partial charge in [-0.05, 0) is 84.4 Å². The Morgan fingerprint density at radius 1 is 0.875 bits per heavy atom. The van der Waals surface area contributed by atoms with Gasteiger partial charge in [0.05, 0.1) is 22.5 Å². The average Bonchev–Trinajstić information content (AvgIpc) is 3.76. The second-order valence-corrected chi connectivity index (χ2v) is 17.2. The molecule has 1 aromatic heterocycles. The largest absolute Gasteiger partial charge is 0.325 e. The summed E-state index contributed by atoms with van der Waals surface area (Å²) in [5, 5.41) is 3.84. The number of nitrogens with zero attached hydrogens (tertiary/aromatic N) is 2. The van der Waals surface area contributed by atoms with Crippen LogP contribution in [0.3, 0.4) is 0 Å². The highest BCUT2D eigenvalue weighted by atomic mass is 32.2. The lowest BCUT2D eigenvalue weighted by atomic mass is 9.68. The Balaban J connectivity index is 1.19. The fourth-order valence-corrected chi connectivity index (χ4v) is 12.0. The number of imide groups is 1. The molecular formula is C39H39N3O4S2. The van der Waals surface area contributed by atoms with E-state index in [9.17, 15) is 19.2 Å². The molecule has 4 aromatic rings. The molecule has 0 radical (unpaired) electrons. The molecule has 4 aliphatic rings. The highest BCUT2D eigenvalue weighted by Crippen LogP contribution is 2.69. The van der Waals surface area contributed by atoms with Gasteiger partial charge in [-0.2, -0.15) is 0 Å². The van der Waals surface area contributed by atoms with E-state index in [0.29, 0.717) is 11.4 Å². The first-order valence-electron chi connectivity index (χ1n) is 16.7. The third kappa shape index (κ3) is 4.92. The van der Waals surface area contributed by atoms with E-state index < -0.39 is 0 Å². The number of nitrogens with one attached hydrogen (secondary N) is 1. The van der Waals surface area contributed by atoms with Gasteiger partial charge in [0.1, 0.15) is 6.54 Å². The summed E-state index contributed by atoms with van der Waals surface area (Å²) in [5.74, 6) is -1.14. The Kier molecular flexibility index (Phi) is 7.38. The van der Waals surface area contributed by atoms with E-state index in [-0.39, 0.29) is 75.3 Å². The second-order valence-electron chi connectivity index (χ2n) is 15.0. The molecule has 1 N–H and O–H groups in total. The molecule has 3 aromatic carbocycles. The number of hydrogen-bond acceptors (Lipinski definition) is 6. The van der Waals surface area contributed by atoms with Crippen molar-refractivity contribution in [3.63, 3.8) is 0 Å². The first kappa shape index (κ1) is 31.3. The summed E-state index contributed by atoms with van der Waals surface area (Å²) in [6.45, 7) is 10.5. The van der Waals surface area contributed by atoms with Gasteiger partial charge in [-0.25, -0.2) is 0 Å². The summed E-state index contributed by atoms with van der Waals surface area (Å²) < 4.78 is 1.63. The van der Waals surface area contributed by atoms with Gasteiger partial charge in [-0.15, -0.1) is 11.8 Å². The van der Waals surface area contributed by atoms with Crippen molar-refractivity contribution < 1.29 is 14.4 Å². The summed E-state index contributed by atoms with van der Waals surface area (Å²) in [7, 11) is 0. The smallest absolute Gasteiger partial charge is 0.308 e. The van der Waals surface area contributed by atoms with Crippen molar-refractivity contribution in [2.24, 2.45) is 29.6 Å². The van der Waals surface area contributed by atoms with Crippen molar-refractivity contribution in [3.8, 4) is 0 Å². The number of carbonyl (C=O) groups excluding carboxylic acids is 3. The Morgan fingerprint density at radius 3 is 2.23 bits per heavy atom. The number of thioether (sulfide) groups is 1. The molecule has 7 unspecified atom stereocenters. The standard InChI is InChI=1S/C39H39N3O4S2/c1-20-9-15-25(16-10-20)42-35(44)31-26-18-27(32(31)36(42)45)33-30(26)29(22-11-13-23(14-12-22)39(3,4)5)34-37(47-33)41(38(46)48-34)19-28(43)40-24-8-6-7-21(2)17-24/h6-17,26-27,29-33H,18-19H2,1-5H3,(H,40,43). The second kappa shape index (κ2) is 11.3. The van der Waals surface area contributed by atoms with Gasteiger partial charge < -0.3 is 5.32 Å². The van der Waals surface area contributed by atoms with Crippen molar-refractivity contribution in [1.29, 1.82) is 0 Å². The van der Waals surface area contributed by atoms with E-state index in [1.165, 1.54) is 21.8 Å². The van der Waals surface area contributed by atoms with Gasteiger partial charge in [-0.1, -0.05) is 86.2 Å². The fraction of sp³-hybridized carbons (Fsp3) is 0.385. The van der Waals surface area contributed by atoms with Crippen LogP contribution in [0, 0.1) is 43.4 Å². The van der Waals surface area contributed by atoms with Crippen LogP contribution in [0.4, 0.5) is 11.4 Å². The molecule has 3 amide bonds. The van der Waals surface area contributed by atoms with Crippen molar-refractivity contribution in [2.45, 2.75) is 69.2 Å². The number of fused-ring (bicyclic) bond motifs is 9. The number of benzene rings is 3. The number of thiazole rings is 1. The van der Waals surface area contributed by atoms with Crippen molar-refractivity contribution in [1.82, 2.24) is 4.57 Å². The molecule has 246 valence electrons. The number of rotatable bonds is 5. The van der Waals surface area contributed by atoms with Gasteiger partial charge in [0.25, 0.3) is 0 Å². The average molecular weight is 678 g/mol. The van der Waals surface area contributed by atoms with Crippen LogP contribution < -0.4 is 15.1 Å². The zero-order valence-corrected chi connectivity index (χ0v) is 29.4. The third-order valence-electron chi connectivity index (χ3n) is 11.0. The minimum absolute atomic E-state index is 0.0102. The van der Waals surface area contributed by atoms with E-state index in [1.54, 1.807) is 16.3 Å². The number of aromatic nitrogens is 1. The summed E-state index contributed by atoms with van der Waals surface area (Å²) in [6.07, 6.45) is 0.820. The lowest BCUT2D eigenvalue weighted by molar-refractivity contribution is -0.123. The summed E-state index contributed by atoms with van der Waals surface area (Å²) in [5.41, 5.74) is 5.79. The normalized spacial score (nSPS) is 27.2. The van der Waals surface area contributed by atoms with Gasteiger partial charge in [0.2, 0.25) is 17.7 Å². The Hall–Kier alpha value is -3.95. The third-order valence-corrected chi connectivity index (χ3v) is 13.8. The summed E-state index contributed by atoms with van der Waals surface area (Å²) >= 11 is 2.88. The van der Waals surface area contributed by atoms with Crippen LogP contribution in [0.1, 0.15) is 60.2 Å². The van der Waals surface area contributed by atoms with E-state index in [0.717, 1.165) is 33.0 Å². The van der Waals surface area contributed by atoms with Crippen LogP contribution >= 0.6 is 23.1 Å². The molecule has 0 spiro atoms. The SMILES string of the molecule is Cc1ccc(N2C(=O)C3C4CC(C3C2=O)C2C(c3ccc(C(C)(C)C)cc3)c3sc(=O)n(CC(=O)Nc5cccc(C)c5)c3SC42)cc1. The predicted molar refractivity (Wildman–Crippen MR) is 191 cm³/mol. The molecule has 2 saturated carbocycles. The zero-order chi connectivity index (χ0) is 33.6. The Bertz CT molecular complexity index is 2020. The van der Waals surface area contributed by atoms with Crippen LogP contribution in [0.25, 0.3) is 0 Å². The lowest BCUT2D eigenvalue weighted by Gasteiger charge is -2.43. The molecule has 2 aliphatic carbocycles. The van der Waals surface area contributed by atoms with Gasteiger partial charge in [0.15, 0.2) is 0 Å². The van der Waals surface area contributed by atoms with Gasteiger partial charge in [-0.3, -0.25) is 28.6 Å². The van der Waals surface area contributed by atoms with E-state index in [1.807, 2.05) is 62.4 Å². The maximum Gasteiger partial charge on any atom is 0.308 e. The lowest BCUT2D eigenvalue weighted by Crippen LogP contribution is -2.43. The molecule has 48 heavy (non-hydrogen) atoms. The maximum absolute atomic E-state index is 14.1. The number of anilines is 2. The van der Waals surface area contributed by atoms with Crippen LogP contribution in [0.2, 0.25) is 0 Å². The molecule has 3 heterocycles. The molecule has 7 nitrogen and oxygen atoms in total. The highest BCUT2D eigenvalue weighted by molar-refractivity contribution is 8.00. The Labute approximate surface area is 288 Å². The zero-order valence-electron chi connectivity index (χ0n) is 27.7. The molecule has 9 heteroatoms. The maximum atomic E-state index is 14.1. The number of aryl methyl sites for hydroxylation is 2. The van der Waals surface area contributed by atoms with Gasteiger partial charge >= 0.3 is 4.87 Å². The number of amides is 3. The number of carbonyl (C=O) groups is 3. The fourth-order valence-electron chi connectivity index (χ4n) is 8.83. The monoisotopic (exact) mass is 677 g/mol. The van der Waals surface area contributed by atoms with Crippen LogP contribution in [0.15, 0.2) is 82.6 Å². The van der Waals surface area contributed by atoms with Crippen molar-refractivity contribution in [2.75, 3.05) is 10.2 Å². The number of hydrogen-bond donors (Lipinski definition) is 1. The topological polar surface area (TPSA) is 88.5 Å². The summed E-state index contributed by atoms with van der Waals surface area (Å²) in [6, 6.07) is 24.0. The molecule has 8 rings (SSSR count). The van der Waals surface area contributed by atoms with E-state index in [4.69, 9.17) is 0 Å². The quantitative estimate of drug-likeness (QED) is 0.227. The first-order chi connectivity index (χ1) is 22.9.